The van der Waals surface area contributed by atoms with E-state index < -0.39 is 5.54 Å². The average molecular weight is 227 g/mol. The van der Waals surface area contributed by atoms with Crippen molar-refractivity contribution in [3.05, 3.63) is 29.8 Å². The first kappa shape index (κ1) is 15.1. The quantitative estimate of drug-likeness (QED) is 0.799. The number of halogens is 3. The molecule has 1 aromatic rings. The molecule has 0 aromatic carbocycles. The van der Waals surface area contributed by atoms with E-state index in [-0.39, 0.29) is 30.6 Å². The molecule has 2 N–H and O–H groups in total. The Balaban J connectivity index is 0. The standard InChI is InChI=1S/C8H11FN2.2ClH/c1-8(2,10)6-3-4-11-5-7(6)9;;/h3-5H,10H2,1-2H3;2*1H. The van der Waals surface area contributed by atoms with Crippen LogP contribution in [0, 0.1) is 5.82 Å². The van der Waals surface area contributed by atoms with Crippen LogP contribution in [0.5, 0.6) is 0 Å². The summed E-state index contributed by atoms with van der Waals surface area (Å²) in [7, 11) is 0. The second-order valence-electron chi connectivity index (χ2n) is 3.08. The summed E-state index contributed by atoms with van der Waals surface area (Å²) in [6, 6.07) is 1.59. The van der Waals surface area contributed by atoms with Crippen molar-refractivity contribution in [1.29, 1.82) is 0 Å². The highest BCUT2D eigenvalue weighted by Gasteiger charge is 2.17. The van der Waals surface area contributed by atoms with Crippen molar-refractivity contribution in [2.75, 3.05) is 0 Å². The van der Waals surface area contributed by atoms with E-state index in [1.165, 1.54) is 12.4 Å². The Morgan fingerprint density at radius 3 is 2.23 bits per heavy atom. The lowest BCUT2D eigenvalue weighted by molar-refractivity contribution is 0.498. The minimum atomic E-state index is -0.632. The molecule has 0 bridgehead atoms. The number of hydrogen-bond acceptors (Lipinski definition) is 2. The highest BCUT2D eigenvalue weighted by Crippen LogP contribution is 2.18. The minimum absolute atomic E-state index is 0. The van der Waals surface area contributed by atoms with E-state index in [9.17, 15) is 4.39 Å². The summed E-state index contributed by atoms with van der Waals surface area (Å²) in [6.45, 7) is 3.51. The maximum Gasteiger partial charge on any atom is 0.146 e. The number of nitrogens with two attached hydrogens (primary N) is 1. The summed E-state index contributed by atoms with van der Waals surface area (Å²) in [5, 5.41) is 0. The largest absolute Gasteiger partial charge is 0.322 e. The normalized spacial score (nSPS) is 9.85. The van der Waals surface area contributed by atoms with Gasteiger partial charge in [-0.05, 0) is 19.9 Å². The smallest absolute Gasteiger partial charge is 0.146 e. The van der Waals surface area contributed by atoms with E-state index in [1.807, 2.05) is 0 Å². The number of aromatic nitrogens is 1. The van der Waals surface area contributed by atoms with Gasteiger partial charge in [-0.3, -0.25) is 4.98 Å². The molecule has 0 fully saturated rings. The molecule has 76 valence electrons. The summed E-state index contributed by atoms with van der Waals surface area (Å²) in [4.78, 5) is 3.63. The number of rotatable bonds is 1. The number of pyridine rings is 1. The summed E-state index contributed by atoms with van der Waals surface area (Å²) in [5.74, 6) is -0.347. The highest BCUT2D eigenvalue weighted by molar-refractivity contribution is 5.85. The number of nitrogens with zero attached hydrogens (tertiary/aromatic N) is 1. The first-order valence-corrected chi connectivity index (χ1v) is 3.40. The molecule has 0 atom stereocenters. The summed E-state index contributed by atoms with van der Waals surface area (Å²) < 4.78 is 12.9. The van der Waals surface area contributed by atoms with Crippen molar-refractivity contribution >= 4 is 24.8 Å². The maximum absolute atomic E-state index is 12.9. The van der Waals surface area contributed by atoms with Gasteiger partial charge in [-0.25, -0.2) is 4.39 Å². The van der Waals surface area contributed by atoms with Crippen LogP contribution < -0.4 is 5.73 Å². The zero-order chi connectivity index (χ0) is 8.48. The predicted molar refractivity (Wildman–Crippen MR) is 55.9 cm³/mol. The zero-order valence-corrected chi connectivity index (χ0v) is 9.08. The fourth-order valence-electron chi connectivity index (χ4n) is 0.898. The lowest BCUT2D eigenvalue weighted by Gasteiger charge is -2.18. The van der Waals surface area contributed by atoms with Crippen LogP contribution in [-0.4, -0.2) is 4.98 Å². The van der Waals surface area contributed by atoms with Crippen LogP contribution in [-0.2, 0) is 5.54 Å². The van der Waals surface area contributed by atoms with Gasteiger partial charge in [0.1, 0.15) is 5.82 Å². The van der Waals surface area contributed by atoms with Gasteiger partial charge in [-0.2, -0.15) is 0 Å². The van der Waals surface area contributed by atoms with Gasteiger partial charge in [0, 0.05) is 17.3 Å². The molecule has 0 saturated heterocycles. The average Bonchev–Trinajstić information content (AvgIpc) is 1.86. The summed E-state index contributed by atoms with van der Waals surface area (Å²) in [6.07, 6.45) is 2.71. The monoisotopic (exact) mass is 226 g/mol. The molecule has 0 aliphatic heterocycles. The molecule has 2 nitrogen and oxygen atoms in total. The molecule has 1 heterocycles. The Morgan fingerprint density at radius 2 is 1.92 bits per heavy atom. The van der Waals surface area contributed by atoms with E-state index in [4.69, 9.17) is 5.73 Å². The zero-order valence-electron chi connectivity index (χ0n) is 7.45. The van der Waals surface area contributed by atoms with Gasteiger partial charge >= 0.3 is 0 Å². The summed E-state index contributed by atoms with van der Waals surface area (Å²) in [5.41, 5.74) is 5.55. The van der Waals surface area contributed by atoms with Crippen LogP contribution in [0.2, 0.25) is 0 Å². The van der Waals surface area contributed by atoms with Crippen LogP contribution in [0.3, 0.4) is 0 Å². The van der Waals surface area contributed by atoms with Crippen molar-refractivity contribution in [3.63, 3.8) is 0 Å². The molecule has 0 spiro atoms. The molecular formula is C8H13Cl2FN2. The van der Waals surface area contributed by atoms with E-state index in [2.05, 4.69) is 4.98 Å². The van der Waals surface area contributed by atoms with Crippen molar-refractivity contribution in [3.8, 4) is 0 Å². The van der Waals surface area contributed by atoms with Crippen molar-refractivity contribution in [1.82, 2.24) is 4.98 Å². The molecule has 0 amide bonds. The lowest BCUT2D eigenvalue weighted by Crippen LogP contribution is -2.29. The maximum atomic E-state index is 12.9. The van der Waals surface area contributed by atoms with Gasteiger partial charge in [0.25, 0.3) is 0 Å². The molecular weight excluding hydrogens is 214 g/mol. The molecule has 13 heavy (non-hydrogen) atoms. The first-order valence-electron chi connectivity index (χ1n) is 3.40. The Bertz CT molecular complexity index is 261. The van der Waals surface area contributed by atoms with Crippen molar-refractivity contribution < 1.29 is 4.39 Å². The second-order valence-corrected chi connectivity index (χ2v) is 3.08. The van der Waals surface area contributed by atoms with E-state index in [1.54, 1.807) is 19.9 Å². The number of hydrogen-bond donors (Lipinski definition) is 1. The topological polar surface area (TPSA) is 38.9 Å². The Labute approximate surface area is 89.6 Å². The molecule has 0 unspecified atom stereocenters. The van der Waals surface area contributed by atoms with Crippen LogP contribution in [0.15, 0.2) is 18.5 Å². The minimum Gasteiger partial charge on any atom is -0.322 e. The third-order valence-electron chi connectivity index (χ3n) is 1.47. The van der Waals surface area contributed by atoms with Crippen LogP contribution in [0.25, 0.3) is 0 Å². The van der Waals surface area contributed by atoms with Gasteiger partial charge < -0.3 is 5.73 Å². The van der Waals surface area contributed by atoms with Crippen LogP contribution >= 0.6 is 24.8 Å². The van der Waals surface area contributed by atoms with E-state index in [0.29, 0.717) is 5.56 Å². The van der Waals surface area contributed by atoms with E-state index in [0.717, 1.165) is 0 Å². The lowest BCUT2D eigenvalue weighted by atomic mass is 9.97. The van der Waals surface area contributed by atoms with Crippen molar-refractivity contribution in [2.45, 2.75) is 19.4 Å². The van der Waals surface area contributed by atoms with Crippen molar-refractivity contribution in [2.24, 2.45) is 5.73 Å². The molecule has 1 rings (SSSR count). The Morgan fingerprint density at radius 1 is 1.38 bits per heavy atom. The molecule has 5 heteroatoms. The Hall–Kier alpha value is -0.380. The SMILES string of the molecule is CC(C)(N)c1ccncc1F.Cl.Cl. The Kier molecular flexibility index (Phi) is 6.24. The van der Waals surface area contributed by atoms with Crippen LogP contribution in [0.4, 0.5) is 4.39 Å². The molecule has 0 radical (unpaired) electrons. The highest BCUT2D eigenvalue weighted by atomic mass is 35.5. The third-order valence-corrected chi connectivity index (χ3v) is 1.47. The summed E-state index contributed by atoms with van der Waals surface area (Å²) >= 11 is 0. The van der Waals surface area contributed by atoms with Gasteiger partial charge in [0.15, 0.2) is 0 Å². The molecule has 0 aliphatic carbocycles. The predicted octanol–water partition coefficient (Wildman–Crippen LogP) is 2.26. The van der Waals surface area contributed by atoms with E-state index >= 15 is 0 Å². The molecule has 1 aromatic heterocycles. The molecule has 0 saturated carbocycles. The second kappa shape index (κ2) is 5.37. The fourth-order valence-corrected chi connectivity index (χ4v) is 0.898. The fraction of sp³-hybridized carbons (Fsp3) is 0.375. The van der Waals surface area contributed by atoms with Crippen LogP contribution in [0.1, 0.15) is 19.4 Å². The van der Waals surface area contributed by atoms with Gasteiger partial charge in [-0.15, -0.1) is 24.8 Å². The van der Waals surface area contributed by atoms with Gasteiger partial charge in [0.05, 0.1) is 6.20 Å². The van der Waals surface area contributed by atoms with Gasteiger partial charge in [0.2, 0.25) is 0 Å². The first-order chi connectivity index (χ1) is 5.02. The van der Waals surface area contributed by atoms with Gasteiger partial charge in [-0.1, -0.05) is 0 Å². The molecule has 0 aliphatic rings. The third kappa shape index (κ3) is 3.89.